The summed E-state index contributed by atoms with van der Waals surface area (Å²) in [5.41, 5.74) is -1.84. The van der Waals surface area contributed by atoms with Gasteiger partial charge in [0.1, 0.15) is 0 Å². The van der Waals surface area contributed by atoms with Crippen LogP contribution in [0.3, 0.4) is 0 Å². The SMILES string of the molecule is FC(F)(F)C1(c2ccccn2)COC1. The zero-order valence-corrected chi connectivity index (χ0v) is 7.21. The fourth-order valence-electron chi connectivity index (χ4n) is 1.41. The zero-order valence-electron chi connectivity index (χ0n) is 7.21. The lowest BCUT2D eigenvalue weighted by atomic mass is 9.81. The van der Waals surface area contributed by atoms with Gasteiger partial charge < -0.3 is 4.74 Å². The molecule has 1 aromatic rings. The van der Waals surface area contributed by atoms with Crippen LogP contribution in [0.2, 0.25) is 0 Å². The molecule has 0 atom stereocenters. The fourth-order valence-corrected chi connectivity index (χ4v) is 1.41. The van der Waals surface area contributed by atoms with Crippen LogP contribution < -0.4 is 0 Å². The number of nitrogens with zero attached hydrogens (tertiary/aromatic N) is 1. The molecular formula is C9H8F3NO. The third-order valence-electron chi connectivity index (χ3n) is 2.39. The van der Waals surface area contributed by atoms with Gasteiger partial charge in [0.25, 0.3) is 0 Å². The molecule has 0 saturated carbocycles. The Labute approximate surface area is 78.7 Å². The summed E-state index contributed by atoms with van der Waals surface area (Å²) >= 11 is 0. The molecule has 1 aliphatic rings. The lowest BCUT2D eigenvalue weighted by Crippen LogP contribution is -2.57. The number of pyridine rings is 1. The van der Waals surface area contributed by atoms with E-state index in [1.54, 1.807) is 12.1 Å². The Kier molecular flexibility index (Phi) is 1.99. The largest absolute Gasteiger partial charge is 0.404 e. The van der Waals surface area contributed by atoms with Crippen molar-refractivity contribution in [2.24, 2.45) is 0 Å². The number of halogens is 3. The molecule has 1 aromatic heterocycles. The van der Waals surface area contributed by atoms with Gasteiger partial charge in [-0.2, -0.15) is 13.2 Å². The highest BCUT2D eigenvalue weighted by atomic mass is 19.4. The van der Waals surface area contributed by atoms with Crippen LogP contribution in [0.15, 0.2) is 24.4 Å². The van der Waals surface area contributed by atoms with Crippen molar-refractivity contribution in [2.75, 3.05) is 13.2 Å². The first-order valence-electron chi connectivity index (χ1n) is 4.12. The first-order valence-corrected chi connectivity index (χ1v) is 4.12. The molecule has 76 valence electrons. The molecule has 0 N–H and O–H groups in total. The summed E-state index contributed by atoms with van der Waals surface area (Å²) in [6, 6.07) is 4.53. The van der Waals surface area contributed by atoms with Crippen molar-refractivity contribution in [1.29, 1.82) is 0 Å². The summed E-state index contributed by atoms with van der Waals surface area (Å²) in [5, 5.41) is 0. The summed E-state index contributed by atoms with van der Waals surface area (Å²) < 4.78 is 42.8. The Morgan fingerprint density at radius 2 is 2.00 bits per heavy atom. The van der Waals surface area contributed by atoms with Crippen LogP contribution >= 0.6 is 0 Å². The van der Waals surface area contributed by atoms with Gasteiger partial charge in [-0.25, -0.2) is 0 Å². The lowest BCUT2D eigenvalue weighted by molar-refractivity contribution is -0.263. The monoisotopic (exact) mass is 203 g/mol. The van der Waals surface area contributed by atoms with Crippen molar-refractivity contribution in [3.05, 3.63) is 30.1 Å². The van der Waals surface area contributed by atoms with Crippen molar-refractivity contribution >= 4 is 0 Å². The Hall–Kier alpha value is -1.10. The Balaban J connectivity index is 2.39. The van der Waals surface area contributed by atoms with E-state index in [1.807, 2.05) is 0 Å². The average molecular weight is 203 g/mol. The fraction of sp³-hybridized carbons (Fsp3) is 0.444. The highest BCUT2D eigenvalue weighted by molar-refractivity contribution is 5.23. The van der Waals surface area contributed by atoms with Crippen LogP contribution in [-0.4, -0.2) is 24.4 Å². The van der Waals surface area contributed by atoms with E-state index in [1.165, 1.54) is 12.3 Å². The molecule has 1 fully saturated rings. The molecule has 0 aromatic carbocycles. The van der Waals surface area contributed by atoms with Crippen LogP contribution in [-0.2, 0) is 10.2 Å². The Morgan fingerprint density at radius 3 is 2.36 bits per heavy atom. The molecule has 2 rings (SSSR count). The van der Waals surface area contributed by atoms with E-state index in [-0.39, 0.29) is 18.9 Å². The molecule has 1 aliphatic heterocycles. The van der Waals surface area contributed by atoms with Crippen LogP contribution in [0, 0.1) is 0 Å². The molecule has 2 nitrogen and oxygen atoms in total. The highest BCUT2D eigenvalue weighted by Crippen LogP contribution is 2.45. The molecule has 1 saturated heterocycles. The van der Waals surface area contributed by atoms with Crippen molar-refractivity contribution in [3.63, 3.8) is 0 Å². The molecule has 0 radical (unpaired) electrons. The molecule has 2 heterocycles. The zero-order chi connectivity index (χ0) is 10.2. The average Bonchev–Trinajstić information content (AvgIpc) is 2.01. The number of aromatic nitrogens is 1. The summed E-state index contributed by atoms with van der Waals surface area (Å²) in [6.07, 6.45) is -2.93. The topological polar surface area (TPSA) is 22.1 Å². The van der Waals surface area contributed by atoms with E-state index in [0.717, 1.165) is 0 Å². The van der Waals surface area contributed by atoms with Crippen LogP contribution in [0.25, 0.3) is 0 Å². The predicted octanol–water partition coefficient (Wildman–Crippen LogP) is 1.91. The lowest BCUT2D eigenvalue weighted by Gasteiger charge is -2.41. The molecule has 0 unspecified atom stereocenters. The maximum absolute atomic E-state index is 12.7. The molecule has 5 heteroatoms. The van der Waals surface area contributed by atoms with E-state index in [2.05, 4.69) is 9.72 Å². The number of rotatable bonds is 1. The Morgan fingerprint density at radius 1 is 1.29 bits per heavy atom. The number of alkyl halides is 3. The second-order valence-electron chi connectivity index (χ2n) is 3.29. The summed E-state index contributed by atoms with van der Waals surface area (Å²) in [7, 11) is 0. The molecule has 14 heavy (non-hydrogen) atoms. The van der Waals surface area contributed by atoms with E-state index < -0.39 is 11.6 Å². The smallest absolute Gasteiger partial charge is 0.379 e. The van der Waals surface area contributed by atoms with E-state index in [4.69, 9.17) is 0 Å². The van der Waals surface area contributed by atoms with Crippen molar-refractivity contribution < 1.29 is 17.9 Å². The minimum absolute atomic E-state index is 0.0405. The van der Waals surface area contributed by atoms with Crippen LogP contribution in [0.5, 0.6) is 0 Å². The van der Waals surface area contributed by atoms with Gasteiger partial charge in [-0.3, -0.25) is 4.98 Å². The standard InChI is InChI=1S/C9H8F3NO/c10-9(11,12)8(5-14-6-8)7-3-1-2-4-13-7/h1-4H,5-6H2. The number of hydrogen-bond donors (Lipinski definition) is 0. The maximum Gasteiger partial charge on any atom is 0.404 e. The first kappa shape index (κ1) is 9.45. The van der Waals surface area contributed by atoms with Gasteiger partial charge in [0, 0.05) is 6.20 Å². The van der Waals surface area contributed by atoms with E-state index in [9.17, 15) is 13.2 Å². The van der Waals surface area contributed by atoms with E-state index >= 15 is 0 Å². The second-order valence-corrected chi connectivity index (χ2v) is 3.29. The van der Waals surface area contributed by atoms with Crippen molar-refractivity contribution in [3.8, 4) is 0 Å². The van der Waals surface area contributed by atoms with Gasteiger partial charge in [0.2, 0.25) is 0 Å². The summed E-state index contributed by atoms with van der Waals surface area (Å²) in [6.45, 7) is -0.652. The molecule has 0 aliphatic carbocycles. The highest BCUT2D eigenvalue weighted by Gasteiger charge is 2.62. The van der Waals surface area contributed by atoms with Gasteiger partial charge in [0.15, 0.2) is 5.41 Å². The van der Waals surface area contributed by atoms with Gasteiger partial charge in [0.05, 0.1) is 18.9 Å². The minimum Gasteiger partial charge on any atom is -0.379 e. The molecular weight excluding hydrogens is 195 g/mol. The quantitative estimate of drug-likeness (QED) is 0.695. The second kappa shape index (κ2) is 2.95. The number of hydrogen-bond acceptors (Lipinski definition) is 2. The molecule has 0 spiro atoms. The van der Waals surface area contributed by atoms with Gasteiger partial charge in [-0.05, 0) is 12.1 Å². The first-order chi connectivity index (χ1) is 6.56. The van der Waals surface area contributed by atoms with E-state index in [0.29, 0.717) is 0 Å². The predicted molar refractivity (Wildman–Crippen MR) is 42.8 cm³/mol. The maximum atomic E-state index is 12.7. The summed E-state index contributed by atoms with van der Waals surface area (Å²) in [5.74, 6) is 0. The minimum atomic E-state index is -4.29. The van der Waals surface area contributed by atoms with Gasteiger partial charge in [-0.1, -0.05) is 6.07 Å². The third-order valence-corrected chi connectivity index (χ3v) is 2.39. The van der Waals surface area contributed by atoms with Crippen molar-refractivity contribution in [2.45, 2.75) is 11.6 Å². The Bertz CT molecular complexity index is 319. The van der Waals surface area contributed by atoms with Crippen LogP contribution in [0.4, 0.5) is 13.2 Å². The summed E-state index contributed by atoms with van der Waals surface area (Å²) in [4.78, 5) is 3.74. The van der Waals surface area contributed by atoms with Gasteiger partial charge in [-0.15, -0.1) is 0 Å². The molecule has 0 amide bonds. The number of ether oxygens (including phenoxy) is 1. The molecule has 0 bridgehead atoms. The normalized spacial score (nSPS) is 20.2. The van der Waals surface area contributed by atoms with Crippen molar-refractivity contribution in [1.82, 2.24) is 4.98 Å². The third kappa shape index (κ3) is 1.19. The van der Waals surface area contributed by atoms with Crippen LogP contribution in [0.1, 0.15) is 5.69 Å². The van der Waals surface area contributed by atoms with Gasteiger partial charge >= 0.3 is 6.18 Å².